The van der Waals surface area contributed by atoms with E-state index in [-0.39, 0.29) is 23.6 Å². The van der Waals surface area contributed by atoms with Crippen molar-refractivity contribution in [2.24, 2.45) is 0 Å². The third kappa shape index (κ3) is 3.71. The van der Waals surface area contributed by atoms with Gasteiger partial charge in [-0.2, -0.15) is 10.2 Å². The molecule has 4 rings (SSSR count). The molecule has 0 radical (unpaired) electrons. The summed E-state index contributed by atoms with van der Waals surface area (Å²) in [7, 11) is 0. The molecule has 2 aromatic heterocycles. The quantitative estimate of drug-likeness (QED) is 0.636. The van der Waals surface area contributed by atoms with Gasteiger partial charge in [0.15, 0.2) is 0 Å². The second kappa shape index (κ2) is 8.33. The molecule has 1 aromatic carbocycles. The van der Waals surface area contributed by atoms with Crippen molar-refractivity contribution in [1.29, 1.82) is 5.26 Å². The van der Waals surface area contributed by atoms with Gasteiger partial charge in [-0.1, -0.05) is 43.0 Å². The first-order chi connectivity index (χ1) is 14.5. The van der Waals surface area contributed by atoms with Gasteiger partial charge in [0, 0.05) is 11.7 Å². The Morgan fingerprint density at radius 3 is 2.83 bits per heavy atom. The predicted octanol–water partition coefficient (Wildman–Crippen LogP) is 4.58. The van der Waals surface area contributed by atoms with E-state index in [0.29, 0.717) is 21.8 Å². The molecule has 0 amide bonds. The Bertz CT molecular complexity index is 1190. The average Bonchev–Trinajstić information content (AvgIpc) is 2.74. The van der Waals surface area contributed by atoms with Crippen LogP contribution in [0.4, 0.5) is 11.8 Å². The number of nitrogens with one attached hydrogen (secondary N) is 1. The van der Waals surface area contributed by atoms with E-state index in [9.17, 15) is 10.1 Å². The zero-order valence-corrected chi connectivity index (χ0v) is 17.5. The van der Waals surface area contributed by atoms with Gasteiger partial charge in [-0.25, -0.2) is 4.98 Å². The largest absolute Gasteiger partial charge is 0.368 e. The van der Waals surface area contributed by atoms with E-state index in [1.165, 1.54) is 12.6 Å². The molecule has 3 aromatic rings. The number of fused-ring (bicyclic) bond motifs is 1. The molecule has 30 heavy (non-hydrogen) atoms. The highest BCUT2D eigenvalue weighted by Gasteiger charge is 2.24. The highest BCUT2D eigenvalue weighted by Crippen LogP contribution is 2.33. The maximum absolute atomic E-state index is 13.6. The SMILES string of the molecule is C[C@H](Nc1nc(N)ncc1C#N)c1cc2cccc(Cl)c2c(=O)n1C1CCCCC1. The highest BCUT2D eigenvalue weighted by atomic mass is 35.5. The molecular weight excluding hydrogens is 400 g/mol. The van der Waals surface area contributed by atoms with Crippen LogP contribution < -0.4 is 16.6 Å². The van der Waals surface area contributed by atoms with Crippen LogP contribution >= 0.6 is 11.6 Å². The Labute approximate surface area is 179 Å². The standard InChI is InChI=1S/C22H23ClN6O/c1-13(27-20-15(11-24)12-26-22(25)28-20)18-10-14-6-5-9-17(23)19(14)21(30)29(18)16-7-3-2-4-8-16/h5-6,9-10,12-13,16H,2-4,7-8H2,1H3,(H3,25,26,27,28)/t13-/m0/s1. The van der Waals surface area contributed by atoms with E-state index in [1.54, 1.807) is 6.07 Å². The second-order valence-electron chi connectivity index (χ2n) is 7.71. The van der Waals surface area contributed by atoms with Crippen LogP contribution in [0.25, 0.3) is 10.8 Å². The summed E-state index contributed by atoms with van der Waals surface area (Å²) in [5.74, 6) is 0.435. The number of nitrogens with zero attached hydrogens (tertiary/aromatic N) is 4. The molecule has 7 nitrogen and oxygen atoms in total. The number of nitrogens with two attached hydrogens (primary N) is 1. The second-order valence-corrected chi connectivity index (χ2v) is 8.12. The van der Waals surface area contributed by atoms with Gasteiger partial charge in [0.1, 0.15) is 17.5 Å². The average molecular weight is 423 g/mol. The molecule has 1 atom stereocenters. The molecule has 1 aliphatic rings. The first-order valence-electron chi connectivity index (χ1n) is 10.1. The number of anilines is 2. The number of aromatic nitrogens is 3. The van der Waals surface area contributed by atoms with E-state index in [2.05, 4.69) is 21.4 Å². The third-order valence-electron chi connectivity index (χ3n) is 5.72. The van der Waals surface area contributed by atoms with Crippen molar-refractivity contribution in [1.82, 2.24) is 14.5 Å². The van der Waals surface area contributed by atoms with Crippen LogP contribution in [-0.2, 0) is 0 Å². The number of hydrogen-bond donors (Lipinski definition) is 2. The van der Waals surface area contributed by atoms with Crippen LogP contribution in [0.2, 0.25) is 5.02 Å². The maximum Gasteiger partial charge on any atom is 0.260 e. The minimum absolute atomic E-state index is 0.0728. The van der Waals surface area contributed by atoms with E-state index in [1.807, 2.05) is 29.7 Å². The van der Waals surface area contributed by atoms with E-state index >= 15 is 0 Å². The first-order valence-corrected chi connectivity index (χ1v) is 10.5. The fourth-order valence-corrected chi connectivity index (χ4v) is 4.53. The van der Waals surface area contributed by atoms with Gasteiger partial charge in [-0.3, -0.25) is 4.79 Å². The molecule has 0 saturated heterocycles. The van der Waals surface area contributed by atoms with E-state index in [0.717, 1.165) is 36.8 Å². The van der Waals surface area contributed by atoms with Gasteiger partial charge in [-0.15, -0.1) is 0 Å². The molecule has 1 saturated carbocycles. The van der Waals surface area contributed by atoms with Crippen LogP contribution in [0.1, 0.15) is 62.4 Å². The summed E-state index contributed by atoms with van der Waals surface area (Å²) in [6, 6.07) is 9.41. The Morgan fingerprint density at radius 2 is 2.10 bits per heavy atom. The predicted molar refractivity (Wildman–Crippen MR) is 119 cm³/mol. The van der Waals surface area contributed by atoms with Crippen molar-refractivity contribution >= 4 is 34.1 Å². The number of rotatable bonds is 4. The van der Waals surface area contributed by atoms with Gasteiger partial charge in [-0.05, 0) is 37.3 Å². The van der Waals surface area contributed by atoms with Gasteiger partial charge in [0.25, 0.3) is 5.56 Å². The molecule has 154 valence electrons. The summed E-state index contributed by atoms with van der Waals surface area (Å²) >= 11 is 6.40. The normalized spacial score (nSPS) is 15.6. The van der Waals surface area contributed by atoms with E-state index in [4.69, 9.17) is 17.3 Å². The molecule has 2 heterocycles. The smallest absolute Gasteiger partial charge is 0.260 e. The monoisotopic (exact) mass is 422 g/mol. The zero-order valence-electron chi connectivity index (χ0n) is 16.7. The van der Waals surface area contributed by atoms with Gasteiger partial charge >= 0.3 is 0 Å². The lowest BCUT2D eigenvalue weighted by molar-refractivity contribution is 0.338. The number of hydrogen-bond acceptors (Lipinski definition) is 6. The van der Waals surface area contributed by atoms with Crippen molar-refractivity contribution < 1.29 is 0 Å². The summed E-state index contributed by atoms with van der Waals surface area (Å²) in [5.41, 5.74) is 6.78. The van der Waals surface area contributed by atoms with Crippen molar-refractivity contribution in [3.05, 3.63) is 57.1 Å². The van der Waals surface area contributed by atoms with Crippen LogP contribution in [0, 0.1) is 11.3 Å². The van der Waals surface area contributed by atoms with Gasteiger partial charge < -0.3 is 15.6 Å². The molecule has 0 spiro atoms. The molecule has 8 heteroatoms. The number of pyridine rings is 1. The van der Waals surface area contributed by atoms with Crippen molar-refractivity contribution in [3.63, 3.8) is 0 Å². The van der Waals surface area contributed by atoms with Gasteiger partial charge in [0.05, 0.1) is 22.6 Å². The lowest BCUT2D eigenvalue weighted by Crippen LogP contribution is -2.31. The van der Waals surface area contributed by atoms with Gasteiger partial charge in [0.2, 0.25) is 5.95 Å². The summed E-state index contributed by atoms with van der Waals surface area (Å²) in [4.78, 5) is 21.6. The lowest BCUT2D eigenvalue weighted by atomic mass is 9.94. The summed E-state index contributed by atoms with van der Waals surface area (Å²) < 4.78 is 1.89. The zero-order chi connectivity index (χ0) is 21.3. The highest BCUT2D eigenvalue weighted by molar-refractivity contribution is 6.35. The molecule has 3 N–H and O–H groups in total. The molecule has 0 unspecified atom stereocenters. The summed E-state index contributed by atoms with van der Waals surface area (Å²) in [5, 5.41) is 14.5. The third-order valence-corrected chi connectivity index (χ3v) is 6.04. The first kappa shape index (κ1) is 20.2. The number of benzene rings is 1. The Hall–Kier alpha value is -3.11. The number of nitrogen functional groups attached to an aromatic ring is 1. The fraction of sp³-hybridized carbons (Fsp3) is 0.364. The molecular formula is C22H23ClN6O. The van der Waals surface area contributed by atoms with Crippen LogP contribution in [0.3, 0.4) is 0 Å². The minimum atomic E-state index is -0.288. The topological polar surface area (TPSA) is 110 Å². The van der Waals surface area contributed by atoms with Crippen LogP contribution in [-0.4, -0.2) is 14.5 Å². The number of halogens is 1. The molecule has 1 fully saturated rings. The summed E-state index contributed by atoms with van der Waals surface area (Å²) in [6.07, 6.45) is 6.69. The van der Waals surface area contributed by atoms with E-state index < -0.39 is 0 Å². The molecule has 0 bridgehead atoms. The molecule has 0 aliphatic heterocycles. The van der Waals surface area contributed by atoms with Crippen LogP contribution in [0.5, 0.6) is 0 Å². The van der Waals surface area contributed by atoms with Crippen LogP contribution in [0.15, 0.2) is 35.3 Å². The minimum Gasteiger partial charge on any atom is -0.368 e. The lowest BCUT2D eigenvalue weighted by Gasteiger charge is -2.30. The van der Waals surface area contributed by atoms with Crippen molar-refractivity contribution in [3.8, 4) is 6.07 Å². The summed E-state index contributed by atoms with van der Waals surface area (Å²) in [6.45, 7) is 1.95. The Balaban J connectivity index is 1.86. The Morgan fingerprint density at radius 1 is 1.33 bits per heavy atom. The Kier molecular flexibility index (Phi) is 5.60. The molecule has 1 aliphatic carbocycles. The fourth-order valence-electron chi connectivity index (χ4n) is 4.27. The van der Waals surface area contributed by atoms with Crippen molar-refractivity contribution in [2.75, 3.05) is 11.1 Å². The number of nitriles is 1. The van der Waals surface area contributed by atoms with Crippen molar-refractivity contribution in [2.45, 2.75) is 51.1 Å². The maximum atomic E-state index is 13.6.